The molecule has 0 saturated carbocycles. The number of para-hydroxylation sites is 1. The van der Waals surface area contributed by atoms with Gasteiger partial charge < -0.3 is 30.0 Å². The number of anilines is 2. The van der Waals surface area contributed by atoms with Crippen molar-refractivity contribution in [1.29, 1.82) is 0 Å². The van der Waals surface area contributed by atoms with Crippen LogP contribution in [0.5, 0.6) is 17.2 Å². The summed E-state index contributed by atoms with van der Waals surface area (Å²) >= 11 is 0. The highest BCUT2D eigenvalue weighted by Gasteiger charge is 2.29. The number of benzene rings is 3. The second-order valence-electron chi connectivity index (χ2n) is 13.9. The highest BCUT2D eigenvalue weighted by atomic mass is 32.2. The summed E-state index contributed by atoms with van der Waals surface area (Å²) < 4.78 is 54.1. The number of ketones is 1. The maximum atomic E-state index is 14.2. The lowest BCUT2D eigenvalue weighted by Crippen LogP contribution is -2.48. The summed E-state index contributed by atoms with van der Waals surface area (Å²) in [5.41, 5.74) is 10.1. The monoisotopic (exact) mass is 729 g/mol. The number of carbonyl (C=O) groups is 1. The second-order valence-corrected chi connectivity index (χ2v) is 15.8. The fourth-order valence-corrected chi connectivity index (χ4v) is 7.80. The largest absolute Gasteiger partial charge is 0.488 e. The van der Waals surface area contributed by atoms with Crippen LogP contribution in [0.4, 0.5) is 15.9 Å². The molecule has 0 amide bonds. The number of aryl methyl sites for hydroxylation is 1. The van der Waals surface area contributed by atoms with Crippen LogP contribution in [0.1, 0.15) is 48.3 Å². The van der Waals surface area contributed by atoms with Gasteiger partial charge in [-0.05, 0) is 87.7 Å². The molecule has 2 fully saturated rings. The van der Waals surface area contributed by atoms with Gasteiger partial charge in [0, 0.05) is 56.2 Å². The number of hydrogen-bond acceptors (Lipinski definition) is 9. The minimum atomic E-state index is -3.29. The molecule has 4 heterocycles. The van der Waals surface area contributed by atoms with E-state index >= 15 is 0 Å². The van der Waals surface area contributed by atoms with Crippen LogP contribution < -0.4 is 20.1 Å². The highest BCUT2D eigenvalue weighted by molar-refractivity contribution is 7.88. The molecule has 3 N–H and O–H groups in total. The number of nitrogens with two attached hydrogens (primary N) is 1. The number of aromatic amines is 1. The van der Waals surface area contributed by atoms with E-state index in [0.29, 0.717) is 55.1 Å². The maximum absolute atomic E-state index is 14.2. The maximum Gasteiger partial charge on any atom is 0.214 e. The molecule has 0 unspecified atom stereocenters. The van der Waals surface area contributed by atoms with Crippen molar-refractivity contribution in [2.45, 2.75) is 45.8 Å². The van der Waals surface area contributed by atoms with Gasteiger partial charge in [0.1, 0.15) is 23.4 Å². The van der Waals surface area contributed by atoms with E-state index in [1.165, 1.54) is 27.5 Å². The number of aromatic nitrogens is 3. The van der Waals surface area contributed by atoms with Crippen molar-refractivity contribution in [2.24, 2.45) is 0 Å². The minimum absolute atomic E-state index is 0.0398. The van der Waals surface area contributed by atoms with Crippen LogP contribution in [-0.2, 0) is 10.0 Å². The number of rotatable bonds is 10. The normalized spacial score (nSPS) is 16.5. The molecule has 0 atom stereocenters. The Balaban J connectivity index is 1.15. The molecule has 274 valence electrons. The lowest BCUT2D eigenvalue weighted by molar-refractivity contribution is 0.0846. The number of ether oxygens (including phenoxy) is 2. The number of H-pyrrole nitrogens is 1. The van der Waals surface area contributed by atoms with Gasteiger partial charge in [-0.1, -0.05) is 12.1 Å². The number of fused-ring (bicyclic) bond motifs is 1. The summed E-state index contributed by atoms with van der Waals surface area (Å²) in [4.78, 5) is 21.8. The lowest BCUT2D eigenvalue weighted by atomic mass is 10.1. The summed E-state index contributed by atoms with van der Waals surface area (Å²) in [7, 11) is -3.29. The minimum Gasteiger partial charge on any atom is -0.488 e. The third-order valence-corrected chi connectivity index (χ3v) is 11.3. The van der Waals surface area contributed by atoms with Crippen LogP contribution in [0.25, 0.3) is 16.6 Å². The topological polar surface area (TPSA) is 139 Å². The number of nitrogens with zero attached hydrogens (tertiary/aromatic N) is 5. The van der Waals surface area contributed by atoms with Gasteiger partial charge in [0.25, 0.3) is 0 Å². The van der Waals surface area contributed by atoms with E-state index < -0.39 is 15.8 Å². The zero-order valence-corrected chi connectivity index (χ0v) is 30.6. The molecule has 3 aromatic carbocycles. The number of sulfonamides is 1. The molecule has 7 rings (SSSR count). The van der Waals surface area contributed by atoms with Gasteiger partial charge in [0.15, 0.2) is 11.6 Å². The molecule has 0 spiro atoms. The smallest absolute Gasteiger partial charge is 0.214 e. The van der Waals surface area contributed by atoms with Crippen LogP contribution in [0.2, 0.25) is 0 Å². The Bertz CT molecular complexity index is 2220. The highest BCUT2D eigenvalue weighted by Crippen LogP contribution is 2.37. The zero-order valence-electron chi connectivity index (χ0n) is 29.8. The van der Waals surface area contributed by atoms with Crippen LogP contribution in [0, 0.1) is 12.7 Å². The Labute approximate surface area is 302 Å². The van der Waals surface area contributed by atoms with Gasteiger partial charge >= 0.3 is 0 Å². The molecule has 14 heteroatoms. The molecular weight excluding hydrogens is 686 g/mol. The van der Waals surface area contributed by atoms with Crippen molar-refractivity contribution >= 4 is 38.2 Å². The van der Waals surface area contributed by atoms with Crippen molar-refractivity contribution in [3.05, 3.63) is 89.5 Å². The number of piperidine rings is 1. The number of carbonyl (C=O) groups excluding carboxylic acids is 1. The van der Waals surface area contributed by atoms with Gasteiger partial charge in [-0.25, -0.2) is 17.5 Å². The average molecular weight is 730 g/mol. The van der Waals surface area contributed by atoms with Gasteiger partial charge in [-0.2, -0.15) is 9.40 Å². The van der Waals surface area contributed by atoms with E-state index in [9.17, 15) is 17.6 Å². The predicted molar refractivity (Wildman–Crippen MR) is 200 cm³/mol. The number of likely N-dealkylation sites (tertiary alicyclic amines) is 1. The van der Waals surface area contributed by atoms with Gasteiger partial charge in [-0.3, -0.25) is 4.79 Å². The fraction of sp³-hybridized carbons (Fsp3) is 0.368. The summed E-state index contributed by atoms with van der Waals surface area (Å²) in [6.07, 6.45) is 4.53. The molecule has 2 saturated heterocycles. The van der Waals surface area contributed by atoms with E-state index in [0.717, 1.165) is 48.1 Å². The molecule has 0 bridgehead atoms. The van der Waals surface area contributed by atoms with Crippen molar-refractivity contribution in [1.82, 2.24) is 24.0 Å². The molecule has 12 nitrogen and oxygen atoms in total. The van der Waals surface area contributed by atoms with E-state index in [1.807, 2.05) is 25.1 Å². The molecule has 2 aliphatic rings. The van der Waals surface area contributed by atoms with Crippen molar-refractivity contribution in [2.75, 3.05) is 56.2 Å². The molecule has 2 aliphatic heterocycles. The van der Waals surface area contributed by atoms with Crippen molar-refractivity contribution in [3.63, 3.8) is 0 Å². The van der Waals surface area contributed by atoms with Crippen molar-refractivity contribution < 1.29 is 27.1 Å². The second kappa shape index (κ2) is 14.2. The third-order valence-electron chi connectivity index (χ3n) is 10.0. The summed E-state index contributed by atoms with van der Waals surface area (Å²) in [6, 6.07) is 17.7. The first-order valence-electron chi connectivity index (χ1n) is 17.5. The number of nitrogens with one attached hydrogen (secondary N) is 1. The van der Waals surface area contributed by atoms with E-state index in [4.69, 9.17) is 15.2 Å². The molecule has 52 heavy (non-hydrogen) atoms. The Hall–Kier alpha value is -4.92. The summed E-state index contributed by atoms with van der Waals surface area (Å²) in [5, 5.41) is 5.24. The molecule has 5 aromatic rings. The predicted octanol–water partition coefficient (Wildman–Crippen LogP) is 5.74. The van der Waals surface area contributed by atoms with E-state index in [2.05, 4.69) is 33.7 Å². The number of hydrogen-bond donors (Lipinski definition) is 2. The molecule has 2 aromatic heterocycles. The summed E-state index contributed by atoms with van der Waals surface area (Å²) in [6.45, 7) is 9.93. The Morgan fingerprint density at radius 1 is 0.962 bits per heavy atom. The first-order chi connectivity index (χ1) is 24.9. The first kappa shape index (κ1) is 35.5. The van der Waals surface area contributed by atoms with E-state index in [1.54, 1.807) is 36.4 Å². The average Bonchev–Trinajstić information content (AvgIpc) is 3.72. The number of piperazine rings is 1. The Kier molecular flexibility index (Phi) is 9.72. The van der Waals surface area contributed by atoms with Crippen LogP contribution in [0.3, 0.4) is 0 Å². The van der Waals surface area contributed by atoms with Crippen LogP contribution in [0.15, 0.2) is 66.9 Å². The third kappa shape index (κ3) is 7.23. The lowest BCUT2D eigenvalue weighted by Gasteiger charge is -2.37. The summed E-state index contributed by atoms with van der Waals surface area (Å²) in [5.74, 6) is 0.712. The Morgan fingerprint density at radius 3 is 2.37 bits per heavy atom. The molecule has 0 aliphatic carbocycles. The van der Waals surface area contributed by atoms with Gasteiger partial charge in [0.2, 0.25) is 15.8 Å². The number of nitrogen functional groups attached to an aromatic ring is 1. The molecule has 0 radical (unpaired) electrons. The molecular formula is C38H44FN7O5S. The first-order valence-corrected chi connectivity index (χ1v) is 19.4. The quantitative estimate of drug-likeness (QED) is 0.172. The zero-order chi connectivity index (χ0) is 36.7. The standard InChI is InChI=1S/C38H44FN7O5S/c1-24(2)43-13-11-28(12-14-43)50-36-21-26-20-32(42-31(26)22-33(36)44-15-17-45(18-16-44)52(4,48)49)37(47)29-23-41-46(38(29)40)27-9-10-34(25(3)19-27)51-35-8-6-5-7-30(35)39/h5-10,19-24,28,42H,11-18,40H2,1-4H3. The Morgan fingerprint density at radius 2 is 1.69 bits per heavy atom. The van der Waals surface area contributed by atoms with Crippen LogP contribution in [-0.4, -0.2) is 95.8 Å². The SMILES string of the molecule is Cc1cc(-n2ncc(C(=O)c3cc4cc(OC5CCN(C(C)C)CC5)c(N5CCN(S(C)(=O)=O)CC5)cc4[nH]3)c2N)ccc1Oc1ccccc1F. The van der Waals surface area contributed by atoms with E-state index in [-0.39, 0.29) is 29.0 Å². The van der Waals surface area contributed by atoms with Gasteiger partial charge in [0.05, 0.1) is 35.1 Å². The van der Waals surface area contributed by atoms with Crippen molar-refractivity contribution in [3.8, 4) is 22.9 Å². The van der Waals surface area contributed by atoms with Gasteiger partial charge in [-0.15, -0.1) is 0 Å². The fourth-order valence-electron chi connectivity index (χ4n) is 6.97. The number of halogens is 1. The van der Waals surface area contributed by atoms with Crippen LogP contribution >= 0.6 is 0 Å².